The lowest BCUT2D eigenvalue weighted by Gasteiger charge is -2.16. The Morgan fingerprint density at radius 2 is 1.11 bits per heavy atom. The first-order valence-electron chi connectivity index (χ1n) is 16.8. The third-order valence-electron chi connectivity index (χ3n) is 8.40. The molecule has 0 aliphatic heterocycles. The Labute approximate surface area is 277 Å². The predicted molar refractivity (Wildman–Crippen MR) is 202 cm³/mol. The van der Waals surface area contributed by atoms with E-state index >= 15 is 0 Å². The highest BCUT2D eigenvalue weighted by Crippen LogP contribution is 2.31. The van der Waals surface area contributed by atoms with Gasteiger partial charge in [-0.2, -0.15) is 0 Å². The monoisotopic (exact) mass is 609 g/mol. The highest BCUT2D eigenvalue weighted by atomic mass is 15.1. The molecule has 46 heavy (non-hydrogen) atoms. The van der Waals surface area contributed by atoms with Crippen LogP contribution >= 0.6 is 0 Å². The first kappa shape index (κ1) is 34.2. The molecule has 0 atom stereocenters. The van der Waals surface area contributed by atoms with E-state index in [-0.39, 0.29) is 0 Å². The molecule has 3 nitrogen and oxygen atoms in total. The maximum atomic E-state index is 5.87. The average Bonchev–Trinajstić information content (AvgIpc) is 3.10. The Hall–Kier alpha value is -4.63. The summed E-state index contributed by atoms with van der Waals surface area (Å²) in [6, 6.07) is 36.7. The third-order valence-corrected chi connectivity index (χ3v) is 8.40. The summed E-state index contributed by atoms with van der Waals surface area (Å²) in [5, 5.41) is 0. The number of nitrogens with two attached hydrogens (primary N) is 1. The summed E-state index contributed by atoms with van der Waals surface area (Å²) in [6.45, 7) is 2.27. The molecule has 0 saturated carbocycles. The zero-order valence-corrected chi connectivity index (χ0v) is 28.3. The lowest BCUT2D eigenvalue weighted by atomic mass is 9.90. The van der Waals surface area contributed by atoms with E-state index in [9.17, 15) is 0 Å². The predicted octanol–water partition coefficient (Wildman–Crippen LogP) is 10.3. The van der Waals surface area contributed by atoms with E-state index < -0.39 is 0 Å². The van der Waals surface area contributed by atoms with Crippen molar-refractivity contribution in [3.8, 4) is 0 Å². The van der Waals surface area contributed by atoms with E-state index in [1.807, 2.05) is 38.4 Å². The van der Waals surface area contributed by atoms with Crippen molar-refractivity contribution in [1.82, 2.24) is 0 Å². The molecule has 238 valence electrons. The number of rotatable bonds is 12. The molecular weight excluding hydrogens is 558 g/mol. The summed E-state index contributed by atoms with van der Waals surface area (Å²) in [7, 11) is 5.90. The van der Waals surface area contributed by atoms with Crippen molar-refractivity contribution < 1.29 is 0 Å². The van der Waals surface area contributed by atoms with Gasteiger partial charge in [0.15, 0.2) is 0 Å². The Bertz CT molecular complexity index is 1570. The fraction of sp³-hybridized carbons (Fsp3) is 0.279. The number of nitrogens with zero attached hydrogens (tertiary/aromatic N) is 2. The quantitative estimate of drug-likeness (QED) is 0.128. The largest absolute Gasteiger partial charge is 0.399 e. The second kappa shape index (κ2) is 18.4. The van der Waals surface area contributed by atoms with E-state index in [0.29, 0.717) is 0 Å². The van der Waals surface area contributed by atoms with Gasteiger partial charge < -0.3 is 10.6 Å². The molecule has 0 aromatic heterocycles. The van der Waals surface area contributed by atoms with E-state index in [4.69, 9.17) is 5.73 Å². The number of benzene rings is 4. The number of anilines is 2. The summed E-state index contributed by atoms with van der Waals surface area (Å²) in [4.78, 5) is 6.33. The summed E-state index contributed by atoms with van der Waals surface area (Å²) >= 11 is 0. The van der Waals surface area contributed by atoms with Crippen LogP contribution in [0.25, 0.3) is 5.57 Å². The van der Waals surface area contributed by atoms with Gasteiger partial charge in [0.05, 0.1) is 5.71 Å². The highest BCUT2D eigenvalue weighted by Gasteiger charge is 2.11. The van der Waals surface area contributed by atoms with Gasteiger partial charge in [-0.25, -0.2) is 0 Å². The summed E-state index contributed by atoms with van der Waals surface area (Å²) in [6.07, 6.45) is 18.6. The molecule has 0 heterocycles. The van der Waals surface area contributed by atoms with Crippen LogP contribution in [0.3, 0.4) is 0 Å². The van der Waals surface area contributed by atoms with E-state index in [1.165, 1.54) is 84.9 Å². The minimum absolute atomic E-state index is 0.770. The van der Waals surface area contributed by atoms with Crippen LogP contribution in [-0.4, -0.2) is 26.9 Å². The molecule has 0 amide bonds. The van der Waals surface area contributed by atoms with E-state index in [0.717, 1.165) is 22.5 Å². The average molecular weight is 610 g/mol. The Morgan fingerprint density at radius 3 is 1.63 bits per heavy atom. The number of hydrogen-bond donors (Lipinski definition) is 1. The second-order valence-corrected chi connectivity index (χ2v) is 12.2. The molecule has 1 aliphatic carbocycles. The van der Waals surface area contributed by atoms with Crippen LogP contribution in [0.5, 0.6) is 0 Å². The van der Waals surface area contributed by atoms with Crippen LogP contribution in [0.1, 0.15) is 66.8 Å². The van der Waals surface area contributed by atoms with Crippen molar-refractivity contribution in [1.29, 1.82) is 0 Å². The number of nitrogen functional groups attached to an aromatic ring is 1. The summed E-state index contributed by atoms with van der Waals surface area (Å²) in [5.74, 6) is 0. The van der Waals surface area contributed by atoms with Crippen LogP contribution in [0.4, 0.5) is 11.4 Å². The van der Waals surface area contributed by atoms with Gasteiger partial charge in [0.1, 0.15) is 0 Å². The molecule has 2 N–H and O–H groups in total. The smallest absolute Gasteiger partial charge is 0.0571 e. The molecule has 4 aromatic carbocycles. The van der Waals surface area contributed by atoms with Gasteiger partial charge in [-0.3, -0.25) is 4.99 Å². The van der Waals surface area contributed by atoms with Crippen LogP contribution in [-0.2, 0) is 19.3 Å². The third kappa shape index (κ3) is 10.8. The minimum atomic E-state index is 0.770. The molecule has 0 radical (unpaired) electrons. The lowest BCUT2D eigenvalue weighted by Crippen LogP contribution is -2.08. The molecule has 0 fully saturated rings. The van der Waals surface area contributed by atoms with E-state index in [1.54, 1.807) is 7.05 Å². The molecule has 5 rings (SSSR count). The fourth-order valence-electron chi connectivity index (χ4n) is 5.62. The van der Waals surface area contributed by atoms with Crippen LogP contribution in [0.15, 0.2) is 138 Å². The molecule has 0 spiro atoms. The van der Waals surface area contributed by atoms with Crippen LogP contribution in [0, 0.1) is 0 Å². The van der Waals surface area contributed by atoms with Crippen molar-refractivity contribution in [2.24, 2.45) is 4.99 Å². The number of unbranched alkanes of at least 4 members (excludes halogenated alkanes) is 3. The minimum Gasteiger partial charge on any atom is -0.399 e. The van der Waals surface area contributed by atoms with Gasteiger partial charge >= 0.3 is 0 Å². The summed E-state index contributed by atoms with van der Waals surface area (Å²) < 4.78 is 0. The summed E-state index contributed by atoms with van der Waals surface area (Å²) in [5.41, 5.74) is 17.9. The zero-order chi connectivity index (χ0) is 32.6. The van der Waals surface area contributed by atoms with Gasteiger partial charge in [0.25, 0.3) is 0 Å². The molecule has 4 aromatic rings. The van der Waals surface area contributed by atoms with Gasteiger partial charge in [0, 0.05) is 32.5 Å². The number of aryl methyl sites for hydroxylation is 3. The zero-order valence-electron chi connectivity index (χ0n) is 28.3. The Kier molecular flexibility index (Phi) is 13.7. The Morgan fingerprint density at radius 1 is 0.587 bits per heavy atom. The lowest BCUT2D eigenvalue weighted by molar-refractivity contribution is 0.666. The molecule has 1 aliphatic rings. The SMILES string of the molecule is CCCCCCc1ccc(CCCc2ccccc2)cc1.CN=C1C=CC(=C(c2ccc(N)cc2)c2ccc(N(C)C)cc2)C=C1. The topological polar surface area (TPSA) is 41.6 Å². The van der Waals surface area contributed by atoms with Crippen molar-refractivity contribution in [2.45, 2.75) is 58.3 Å². The van der Waals surface area contributed by atoms with Crippen LogP contribution in [0.2, 0.25) is 0 Å². The van der Waals surface area contributed by atoms with Gasteiger partial charge in [-0.15, -0.1) is 0 Å². The molecule has 0 unspecified atom stereocenters. The number of hydrogen-bond acceptors (Lipinski definition) is 3. The number of aliphatic imine (C=N–C) groups is 1. The van der Waals surface area contributed by atoms with Crippen molar-refractivity contribution in [3.63, 3.8) is 0 Å². The van der Waals surface area contributed by atoms with Crippen molar-refractivity contribution in [2.75, 3.05) is 31.8 Å². The van der Waals surface area contributed by atoms with Gasteiger partial charge in [0.2, 0.25) is 0 Å². The maximum Gasteiger partial charge on any atom is 0.0571 e. The van der Waals surface area contributed by atoms with Crippen molar-refractivity contribution in [3.05, 3.63) is 161 Å². The Balaban J connectivity index is 0.000000212. The molecular formula is C43H51N3. The fourth-order valence-corrected chi connectivity index (χ4v) is 5.62. The first-order valence-corrected chi connectivity index (χ1v) is 16.8. The highest BCUT2D eigenvalue weighted by molar-refractivity contribution is 6.07. The number of allylic oxidation sites excluding steroid dienone is 5. The van der Waals surface area contributed by atoms with Gasteiger partial charge in [-0.1, -0.05) is 117 Å². The first-order chi connectivity index (χ1) is 22.5. The van der Waals surface area contributed by atoms with Crippen LogP contribution < -0.4 is 10.6 Å². The molecule has 0 saturated heterocycles. The van der Waals surface area contributed by atoms with E-state index in [2.05, 4.69) is 120 Å². The second-order valence-electron chi connectivity index (χ2n) is 12.2. The van der Waals surface area contributed by atoms with Crippen molar-refractivity contribution >= 4 is 22.7 Å². The normalized spacial score (nSPS) is 12.0. The molecule has 0 bridgehead atoms. The maximum absolute atomic E-state index is 5.87. The standard InChI is InChI=1S/C22H23N3.C21H28/c1-24-20-12-6-17(7-13-20)22(16-4-10-19(23)11-5-16)18-8-14-21(15-9-18)25(2)3;1-2-3-4-6-12-20-15-17-21(18-16-20)14-9-13-19-10-7-5-8-11-19/h4-15H,23H2,1-3H3;5,7-8,10-11,15-18H,2-4,6,9,12-14H2,1H3. The molecule has 3 heteroatoms. The van der Waals surface area contributed by atoms with Gasteiger partial charge in [-0.05, 0) is 107 Å².